The van der Waals surface area contributed by atoms with Gasteiger partial charge in [-0.3, -0.25) is 4.79 Å². The van der Waals surface area contributed by atoms with Crippen molar-refractivity contribution in [1.29, 1.82) is 0 Å². The lowest BCUT2D eigenvalue weighted by Crippen LogP contribution is -2.29. The number of H-pyrrole nitrogens is 1. The fraction of sp³-hybridized carbons (Fsp3) is 0.286. The van der Waals surface area contributed by atoms with Gasteiger partial charge in [-0.25, -0.2) is 9.97 Å². The predicted molar refractivity (Wildman–Crippen MR) is 106 cm³/mol. The summed E-state index contributed by atoms with van der Waals surface area (Å²) in [5, 5.41) is 9.77. The fourth-order valence-electron chi connectivity index (χ4n) is 4.28. The topological polar surface area (TPSA) is 87.0 Å². The molecule has 0 saturated carbocycles. The zero-order chi connectivity index (χ0) is 19.3. The summed E-state index contributed by atoms with van der Waals surface area (Å²) in [6.07, 6.45) is 2.49. The maximum atomic E-state index is 13.1. The Hall–Kier alpha value is -3.19. The number of carbonyl (C=O) groups is 1. The highest BCUT2D eigenvalue weighted by Crippen LogP contribution is 2.29. The van der Waals surface area contributed by atoms with Gasteiger partial charge in [-0.2, -0.15) is 0 Å². The van der Waals surface area contributed by atoms with Crippen molar-refractivity contribution < 1.29 is 9.90 Å². The van der Waals surface area contributed by atoms with E-state index in [0.717, 1.165) is 34.1 Å². The summed E-state index contributed by atoms with van der Waals surface area (Å²) in [5.41, 5.74) is 5.31. The van der Waals surface area contributed by atoms with Crippen LogP contribution >= 0.6 is 0 Å². The van der Waals surface area contributed by atoms with Gasteiger partial charge in [-0.15, -0.1) is 0 Å². The minimum atomic E-state index is -0.116. The first-order valence-corrected chi connectivity index (χ1v) is 9.45. The molecule has 2 aromatic carbocycles. The molecule has 1 amide bonds. The molecule has 1 fully saturated rings. The lowest BCUT2D eigenvalue weighted by atomic mass is 10.1. The van der Waals surface area contributed by atoms with Gasteiger partial charge in [0.05, 0.1) is 34.4 Å². The third-order valence-electron chi connectivity index (χ3n) is 5.59. The van der Waals surface area contributed by atoms with E-state index in [-0.39, 0.29) is 18.6 Å². The molecule has 5 rings (SSSR count). The second-order valence-electron chi connectivity index (χ2n) is 7.33. The molecule has 7 heteroatoms. The fourth-order valence-corrected chi connectivity index (χ4v) is 4.28. The van der Waals surface area contributed by atoms with Crippen LogP contribution in [0.25, 0.3) is 22.1 Å². The number of hydrogen-bond acceptors (Lipinski definition) is 4. The maximum Gasteiger partial charge on any atom is 0.254 e. The third kappa shape index (κ3) is 2.58. The predicted octanol–water partition coefficient (Wildman–Crippen LogP) is 2.80. The van der Waals surface area contributed by atoms with E-state index in [2.05, 4.69) is 19.5 Å². The van der Waals surface area contributed by atoms with Crippen molar-refractivity contribution in [3.63, 3.8) is 0 Å². The molecule has 142 valence electrons. The molecule has 1 aliphatic heterocycles. The summed E-state index contributed by atoms with van der Waals surface area (Å²) in [7, 11) is 0. The van der Waals surface area contributed by atoms with E-state index < -0.39 is 0 Å². The van der Waals surface area contributed by atoms with Crippen molar-refractivity contribution in [2.45, 2.75) is 26.0 Å². The number of aliphatic hydroxyl groups excluding tert-OH is 1. The lowest BCUT2D eigenvalue weighted by Gasteiger charge is -2.19. The van der Waals surface area contributed by atoms with Gasteiger partial charge in [0.25, 0.3) is 5.91 Å². The van der Waals surface area contributed by atoms with Crippen molar-refractivity contribution >= 4 is 28.0 Å². The molecule has 3 heterocycles. The van der Waals surface area contributed by atoms with Crippen LogP contribution in [0.5, 0.6) is 0 Å². The van der Waals surface area contributed by atoms with E-state index in [0.29, 0.717) is 24.5 Å². The first kappa shape index (κ1) is 16.9. The zero-order valence-corrected chi connectivity index (χ0v) is 15.6. The third-order valence-corrected chi connectivity index (χ3v) is 5.59. The van der Waals surface area contributed by atoms with Crippen LogP contribution in [0.15, 0.2) is 42.7 Å². The van der Waals surface area contributed by atoms with Gasteiger partial charge < -0.3 is 19.6 Å². The highest BCUT2D eigenvalue weighted by Gasteiger charge is 2.30. The number of benzene rings is 2. The van der Waals surface area contributed by atoms with Crippen molar-refractivity contribution in [1.82, 2.24) is 24.4 Å². The van der Waals surface area contributed by atoms with Crippen LogP contribution in [0, 0.1) is 6.92 Å². The number of fused-ring (bicyclic) bond motifs is 2. The number of rotatable bonds is 3. The number of para-hydroxylation sites is 2. The second-order valence-corrected chi connectivity index (χ2v) is 7.33. The van der Waals surface area contributed by atoms with Crippen molar-refractivity contribution in [3.8, 4) is 0 Å². The van der Waals surface area contributed by atoms with Gasteiger partial charge in [0, 0.05) is 18.7 Å². The average molecular weight is 375 g/mol. The number of imidazole rings is 2. The number of hydrogen-bond donors (Lipinski definition) is 2. The molecule has 1 unspecified atom stereocenters. The Morgan fingerprint density at radius 1 is 1.32 bits per heavy atom. The molecule has 1 aliphatic rings. The van der Waals surface area contributed by atoms with Gasteiger partial charge in [-0.1, -0.05) is 12.1 Å². The highest BCUT2D eigenvalue weighted by molar-refractivity contribution is 5.98. The zero-order valence-electron chi connectivity index (χ0n) is 15.6. The number of nitrogens with zero attached hydrogens (tertiary/aromatic N) is 4. The molecule has 0 bridgehead atoms. The normalized spacial score (nSPS) is 17.1. The monoisotopic (exact) mass is 375 g/mol. The summed E-state index contributed by atoms with van der Waals surface area (Å²) in [5.74, 6) is 0.673. The number of aryl methyl sites for hydroxylation is 1. The van der Waals surface area contributed by atoms with Crippen LogP contribution in [0.4, 0.5) is 0 Å². The van der Waals surface area contributed by atoms with Crippen LogP contribution in [0.3, 0.4) is 0 Å². The van der Waals surface area contributed by atoms with E-state index in [9.17, 15) is 9.90 Å². The Bertz CT molecular complexity index is 1190. The van der Waals surface area contributed by atoms with Gasteiger partial charge in [-0.05, 0) is 43.2 Å². The number of aliphatic hydroxyl groups is 1. The second kappa shape index (κ2) is 6.45. The number of amides is 1. The summed E-state index contributed by atoms with van der Waals surface area (Å²) >= 11 is 0. The molecule has 0 radical (unpaired) electrons. The van der Waals surface area contributed by atoms with Crippen molar-refractivity contribution in [3.05, 3.63) is 59.7 Å². The molecular formula is C21H21N5O2. The van der Waals surface area contributed by atoms with Gasteiger partial charge in [0.1, 0.15) is 12.4 Å². The smallest absolute Gasteiger partial charge is 0.254 e. The summed E-state index contributed by atoms with van der Waals surface area (Å²) in [6.45, 7) is 3.14. The van der Waals surface area contributed by atoms with E-state index >= 15 is 0 Å². The largest absolute Gasteiger partial charge is 0.388 e. The van der Waals surface area contributed by atoms with Gasteiger partial charge in [0.15, 0.2) is 0 Å². The standard InChI is InChI=1S/C21H21N5O2/c1-13-8-14(9-17-20(13)23-12-22-17)21(28)25-7-6-15(10-25)26-18-5-3-2-4-16(18)24-19(26)11-27/h2-5,8-9,12,15,27H,6-7,10-11H2,1H3,(H,22,23). The quantitative estimate of drug-likeness (QED) is 0.576. The average Bonchev–Trinajstić information content (AvgIpc) is 3.44. The molecule has 2 aromatic heterocycles. The number of aromatic nitrogens is 4. The molecule has 4 aromatic rings. The number of carbonyl (C=O) groups excluding carboxylic acids is 1. The Morgan fingerprint density at radius 2 is 2.18 bits per heavy atom. The SMILES string of the molecule is Cc1cc(C(=O)N2CCC(n3c(CO)nc4ccccc43)C2)cc2[nH]cnc12. The first-order valence-electron chi connectivity index (χ1n) is 9.45. The molecule has 2 N–H and O–H groups in total. The van der Waals surface area contributed by atoms with Crippen LogP contribution < -0.4 is 0 Å². The van der Waals surface area contributed by atoms with Gasteiger partial charge >= 0.3 is 0 Å². The molecular weight excluding hydrogens is 354 g/mol. The Balaban J connectivity index is 1.45. The van der Waals surface area contributed by atoms with Gasteiger partial charge in [0.2, 0.25) is 0 Å². The summed E-state index contributed by atoms with van der Waals surface area (Å²) in [6, 6.07) is 11.8. The molecule has 7 nitrogen and oxygen atoms in total. The Labute approximate surface area is 161 Å². The molecule has 1 saturated heterocycles. The minimum Gasteiger partial charge on any atom is -0.388 e. The number of nitrogens with one attached hydrogen (secondary N) is 1. The molecule has 1 atom stereocenters. The Morgan fingerprint density at radius 3 is 3.04 bits per heavy atom. The Kier molecular flexibility index (Phi) is 3.91. The molecule has 28 heavy (non-hydrogen) atoms. The van der Waals surface area contributed by atoms with Crippen LogP contribution in [-0.2, 0) is 6.61 Å². The minimum absolute atomic E-state index is 0.0251. The summed E-state index contributed by atoms with van der Waals surface area (Å²) < 4.78 is 2.09. The summed E-state index contributed by atoms with van der Waals surface area (Å²) in [4.78, 5) is 26.9. The van der Waals surface area contributed by atoms with E-state index in [4.69, 9.17) is 0 Å². The van der Waals surface area contributed by atoms with Crippen LogP contribution in [-0.4, -0.2) is 48.5 Å². The van der Waals surface area contributed by atoms with E-state index in [1.54, 1.807) is 6.33 Å². The lowest BCUT2D eigenvalue weighted by molar-refractivity contribution is 0.0787. The number of likely N-dealkylation sites (tertiary alicyclic amines) is 1. The number of aromatic amines is 1. The van der Waals surface area contributed by atoms with Crippen LogP contribution in [0.2, 0.25) is 0 Å². The molecule has 0 spiro atoms. The molecule has 0 aliphatic carbocycles. The maximum absolute atomic E-state index is 13.1. The van der Waals surface area contributed by atoms with Crippen LogP contribution in [0.1, 0.15) is 34.2 Å². The van der Waals surface area contributed by atoms with Crippen molar-refractivity contribution in [2.24, 2.45) is 0 Å². The van der Waals surface area contributed by atoms with E-state index in [1.165, 1.54) is 0 Å². The van der Waals surface area contributed by atoms with Crippen molar-refractivity contribution in [2.75, 3.05) is 13.1 Å². The van der Waals surface area contributed by atoms with E-state index in [1.807, 2.05) is 48.2 Å². The first-order chi connectivity index (χ1) is 13.7. The highest BCUT2D eigenvalue weighted by atomic mass is 16.3.